The van der Waals surface area contributed by atoms with Crippen molar-refractivity contribution in [3.8, 4) is 11.1 Å². The Morgan fingerprint density at radius 1 is 0.887 bits per heavy atom. The number of para-hydroxylation sites is 1. The van der Waals surface area contributed by atoms with E-state index < -0.39 is 12.1 Å². The number of Topliss-reactive ketones (excluding diaryl/α,β-unsaturated/α-hetero) is 1. The van der Waals surface area contributed by atoms with Crippen molar-refractivity contribution in [2.75, 3.05) is 13.2 Å². The van der Waals surface area contributed by atoms with Crippen LogP contribution in [0.1, 0.15) is 101 Å². The Morgan fingerprint density at radius 2 is 1.62 bits per heavy atom. The number of allylic oxidation sites excluding steroid dienone is 2. The number of nitrogens with one attached hydrogen (secondary N) is 2. The molecular weight excluding hydrogens is 659 g/mol. The SMILES string of the molecule is CC(=O)[C@H]1CCC2C3CCC4=C/C(=N/OC[C@@H](NC(=O)OCC5c6ccccc6-c6ccccc65)c5cc6ccccc6[nH]5)CC[C@]4(C)C3CC[C@@]21C. The molecule has 9 rings (SSSR count). The summed E-state index contributed by atoms with van der Waals surface area (Å²) < 4.78 is 5.94. The number of nitrogens with zero attached hydrogens (tertiary/aromatic N) is 1. The molecule has 5 aliphatic carbocycles. The average Bonchev–Trinajstić information content (AvgIpc) is 3.85. The van der Waals surface area contributed by atoms with Gasteiger partial charge in [0.25, 0.3) is 0 Å². The summed E-state index contributed by atoms with van der Waals surface area (Å²) in [5.41, 5.74) is 9.45. The Kier molecular flexibility index (Phi) is 8.59. The van der Waals surface area contributed by atoms with E-state index in [4.69, 9.17) is 9.57 Å². The van der Waals surface area contributed by atoms with Crippen LogP contribution < -0.4 is 5.32 Å². The highest BCUT2D eigenvalue weighted by Gasteiger charge is 2.59. The maximum atomic E-state index is 13.5. The van der Waals surface area contributed by atoms with Crippen molar-refractivity contribution in [2.45, 2.75) is 84.1 Å². The number of hydrogen-bond donors (Lipinski definition) is 2. The van der Waals surface area contributed by atoms with E-state index in [9.17, 15) is 9.59 Å². The summed E-state index contributed by atoms with van der Waals surface area (Å²) in [5, 5.41) is 8.85. The average molecular weight is 710 g/mol. The van der Waals surface area contributed by atoms with Gasteiger partial charge in [0.2, 0.25) is 0 Å². The molecule has 3 aromatic carbocycles. The minimum absolute atomic E-state index is 0.0174. The van der Waals surface area contributed by atoms with Crippen LogP contribution in [-0.2, 0) is 14.4 Å². The summed E-state index contributed by atoms with van der Waals surface area (Å²) in [7, 11) is 0. The molecule has 0 bridgehead atoms. The number of aromatic amines is 1. The van der Waals surface area contributed by atoms with Crippen molar-refractivity contribution < 1.29 is 19.2 Å². The van der Waals surface area contributed by atoms with Crippen molar-refractivity contribution in [3.63, 3.8) is 0 Å². The van der Waals surface area contributed by atoms with Crippen LogP contribution in [0.4, 0.5) is 4.79 Å². The van der Waals surface area contributed by atoms with Gasteiger partial charge in [0.15, 0.2) is 0 Å². The van der Waals surface area contributed by atoms with Crippen molar-refractivity contribution in [3.05, 3.63) is 107 Å². The fourth-order valence-electron chi connectivity index (χ4n) is 11.8. The van der Waals surface area contributed by atoms with Crippen LogP contribution in [0.3, 0.4) is 0 Å². The van der Waals surface area contributed by atoms with Gasteiger partial charge in [-0.2, -0.15) is 0 Å². The van der Waals surface area contributed by atoms with Crippen LogP contribution in [0.5, 0.6) is 0 Å². The van der Waals surface area contributed by atoms with Crippen molar-refractivity contribution in [2.24, 2.45) is 39.7 Å². The first-order valence-electron chi connectivity index (χ1n) is 19.8. The molecule has 7 atom stereocenters. The van der Waals surface area contributed by atoms with Crippen LogP contribution in [0.2, 0.25) is 0 Å². The van der Waals surface area contributed by atoms with Gasteiger partial charge in [-0.1, -0.05) is 91.3 Å². The summed E-state index contributed by atoms with van der Waals surface area (Å²) in [6.45, 7) is 7.15. The maximum Gasteiger partial charge on any atom is 0.407 e. The van der Waals surface area contributed by atoms with E-state index in [2.05, 4.69) is 83.9 Å². The number of H-pyrrole nitrogens is 1. The predicted molar refractivity (Wildman–Crippen MR) is 209 cm³/mol. The Morgan fingerprint density at radius 3 is 2.38 bits per heavy atom. The zero-order chi connectivity index (χ0) is 36.3. The second-order valence-corrected chi connectivity index (χ2v) is 17.0. The summed E-state index contributed by atoms with van der Waals surface area (Å²) in [6, 6.07) is 26.4. The molecule has 7 heteroatoms. The summed E-state index contributed by atoms with van der Waals surface area (Å²) in [5.74, 6) is 2.66. The minimum Gasteiger partial charge on any atom is -0.449 e. The third-order valence-electron chi connectivity index (χ3n) is 14.5. The molecule has 0 aliphatic heterocycles. The van der Waals surface area contributed by atoms with Gasteiger partial charge in [-0.15, -0.1) is 0 Å². The lowest BCUT2D eigenvalue weighted by molar-refractivity contribution is -0.127. The lowest BCUT2D eigenvalue weighted by Gasteiger charge is -2.58. The fourth-order valence-corrected chi connectivity index (χ4v) is 11.8. The summed E-state index contributed by atoms with van der Waals surface area (Å²) in [4.78, 5) is 35.6. The zero-order valence-electron chi connectivity index (χ0n) is 31.2. The molecule has 3 fully saturated rings. The molecule has 274 valence electrons. The van der Waals surface area contributed by atoms with Crippen molar-refractivity contribution >= 4 is 28.5 Å². The third kappa shape index (κ3) is 5.82. The Labute approximate surface area is 312 Å². The Bertz CT molecular complexity index is 2050. The number of benzene rings is 3. The van der Waals surface area contributed by atoms with E-state index >= 15 is 0 Å². The van der Waals surface area contributed by atoms with Gasteiger partial charge in [-0.3, -0.25) is 4.79 Å². The Balaban J connectivity index is 0.889. The normalized spacial score (nSPS) is 30.0. The molecule has 2 N–H and O–H groups in total. The number of hydrogen-bond acceptors (Lipinski definition) is 5. The summed E-state index contributed by atoms with van der Waals surface area (Å²) >= 11 is 0. The minimum atomic E-state index is -0.487. The molecule has 5 aliphatic rings. The van der Waals surface area contributed by atoms with Gasteiger partial charge in [-0.25, -0.2) is 4.79 Å². The quantitative estimate of drug-likeness (QED) is 0.178. The van der Waals surface area contributed by atoms with E-state index in [0.717, 1.165) is 48.0 Å². The number of ether oxygens (including phenoxy) is 1. The fraction of sp³-hybridized carbons (Fsp3) is 0.457. The van der Waals surface area contributed by atoms with Crippen molar-refractivity contribution in [1.82, 2.24) is 10.3 Å². The highest BCUT2D eigenvalue weighted by Crippen LogP contribution is 2.66. The number of alkyl carbamates (subject to hydrolysis) is 1. The van der Waals surface area contributed by atoms with E-state index in [0.29, 0.717) is 23.5 Å². The zero-order valence-corrected chi connectivity index (χ0v) is 31.2. The largest absolute Gasteiger partial charge is 0.449 e. The molecule has 1 heterocycles. The van der Waals surface area contributed by atoms with Crippen molar-refractivity contribution in [1.29, 1.82) is 0 Å². The predicted octanol–water partition coefficient (Wildman–Crippen LogP) is 10.3. The number of amides is 1. The maximum absolute atomic E-state index is 13.5. The van der Waals surface area contributed by atoms with Gasteiger partial charge in [-0.05, 0) is 133 Å². The van der Waals surface area contributed by atoms with Crippen LogP contribution in [0, 0.1) is 34.5 Å². The second kappa shape index (κ2) is 13.3. The molecular formula is C46H51N3O4. The molecule has 0 spiro atoms. The van der Waals surface area contributed by atoms with E-state index in [1.165, 1.54) is 53.5 Å². The number of carbonyl (C=O) groups excluding carboxylic acids is 2. The first kappa shape index (κ1) is 34.1. The number of aromatic nitrogens is 1. The molecule has 4 aromatic rings. The number of ketones is 1. The molecule has 53 heavy (non-hydrogen) atoms. The van der Waals surface area contributed by atoms with Gasteiger partial charge < -0.3 is 19.9 Å². The standard InChI is InChI=1S/C46H51N3O4/c1-28(50)38-18-19-39-36-17-16-30-25-31(20-22-45(30,2)40(36)21-23-46(38,39)3)49-53-27-43(42-24-29-10-4-9-15-41(29)47-42)48-44(51)52-26-37-34-13-7-5-11-32(34)33-12-6-8-14-35(33)37/h4-15,24-25,36-40,43,47H,16-23,26-27H2,1-3H3,(H,48,51)/b49-31+/t36?,38-,39?,40?,43-,45+,46-/m1/s1. The van der Waals surface area contributed by atoms with E-state index in [1.807, 2.05) is 37.3 Å². The third-order valence-corrected chi connectivity index (χ3v) is 14.5. The van der Waals surface area contributed by atoms with E-state index in [1.54, 1.807) is 0 Å². The molecule has 3 saturated carbocycles. The first-order valence-corrected chi connectivity index (χ1v) is 19.8. The highest BCUT2D eigenvalue weighted by molar-refractivity contribution is 5.96. The Hall–Kier alpha value is -4.65. The van der Waals surface area contributed by atoms with E-state index in [-0.39, 0.29) is 35.9 Å². The molecule has 1 aromatic heterocycles. The molecule has 0 radical (unpaired) electrons. The number of carbonyl (C=O) groups is 2. The van der Waals surface area contributed by atoms with Crippen LogP contribution in [0.25, 0.3) is 22.0 Å². The van der Waals surface area contributed by atoms with Gasteiger partial charge >= 0.3 is 6.09 Å². The lowest BCUT2D eigenvalue weighted by Crippen LogP contribution is -2.51. The number of fused-ring (bicyclic) bond motifs is 9. The monoisotopic (exact) mass is 709 g/mol. The molecule has 7 nitrogen and oxygen atoms in total. The summed E-state index contributed by atoms with van der Waals surface area (Å²) in [6.07, 6.45) is 10.7. The van der Waals surface area contributed by atoms with Crippen LogP contribution in [0.15, 0.2) is 95.7 Å². The van der Waals surface area contributed by atoms with Crippen LogP contribution >= 0.6 is 0 Å². The smallest absolute Gasteiger partial charge is 0.407 e. The van der Waals surface area contributed by atoms with Gasteiger partial charge in [0, 0.05) is 23.0 Å². The second-order valence-electron chi connectivity index (χ2n) is 17.0. The van der Waals surface area contributed by atoms with Crippen LogP contribution in [-0.4, -0.2) is 35.8 Å². The number of oxime groups is 1. The first-order chi connectivity index (χ1) is 25.7. The lowest BCUT2D eigenvalue weighted by atomic mass is 9.46. The molecule has 1 amide bonds. The number of rotatable bonds is 8. The van der Waals surface area contributed by atoms with Gasteiger partial charge in [0.05, 0.1) is 5.71 Å². The highest BCUT2D eigenvalue weighted by atomic mass is 16.6. The molecule has 3 unspecified atom stereocenters. The molecule has 0 saturated heterocycles. The topological polar surface area (TPSA) is 92.8 Å². The van der Waals surface area contributed by atoms with Gasteiger partial charge in [0.1, 0.15) is 25.0 Å².